The van der Waals surface area contributed by atoms with Crippen molar-refractivity contribution in [1.29, 1.82) is 0 Å². The minimum absolute atomic E-state index is 0.370. The van der Waals surface area contributed by atoms with Crippen LogP contribution in [0.15, 0.2) is 12.1 Å². The van der Waals surface area contributed by atoms with Gasteiger partial charge in [0.05, 0.1) is 0 Å². The van der Waals surface area contributed by atoms with Gasteiger partial charge >= 0.3 is 0 Å². The van der Waals surface area contributed by atoms with Crippen LogP contribution < -0.4 is 10.9 Å². The van der Waals surface area contributed by atoms with E-state index in [1.807, 2.05) is 12.1 Å². The number of nitrogens with zero attached hydrogens (tertiary/aromatic N) is 1. The van der Waals surface area contributed by atoms with Gasteiger partial charge in [-0.2, -0.15) is 0 Å². The fourth-order valence-corrected chi connectivity index (χ4v) is 5.13. The van der Waals surface area contributed by atoms with Crippen molar-refractivity contribution in [2.24, 2.45) is 5.41 Å². The van der Waals surface area contributed by atoms with Crippen LogP contribution in [0.3, 0.4) is 0 Å². The standard InChI is InChI=1S/C19H25BN2O2/c20-17-9-14-12-22(7-4-13(14)8-16(17)18(23)21-24)15-10-19(11-15)5-2-1-3-6-19/h8-9,15,24H,1-7,10-12H2,(H,21,23). The molecule has 4 nitrogen and oxygen atoms in total. The predicted octanol–water partition coefficient (Wildman–Crippen LogP) is 2.07. The molecule has 0 saturated heterocycles. The Labute approximate surface area is 145 Å². The summed E-state index contributed by atoms with van der Waals surface area (Å²) < 4.78 is 0. The molecule has 0 bridgehead atoms. The fourth-order valence-electron chi connectivity index (χ4n) is 5.13. The molecule has 3 aliphatic rings. The summed E-state index contributed by atoms with van der Waals surface area (Å²) in [6, 6.07) is 4.48. The largest absolute Gasteiger partial charge is 0.296 e. The van der Waals surface area contributed by atoms with Gasteiger partial charge in [0.15, 0.2) is 0 Å². The van der Waals surface area contributed by atoms with E-state index < -0.39 is 5.91 Å². The maximum atomic E-state index is 11.7. The minimum Gasteiger partial charge on any atom is -0.296 e. The van der Waals surface area contributed by atoms with Crippen LogP contribution in [0.25, 0.3) is 0 Å². The molecule has 1 aromatic carbocycles. The number of amides is 1. The summed E-state index contributed by atoms with van der Waals surface area (Å²) in [5.74, 6) is -0.532. The minimum atomic E-state index is -0.532. The van der Waals surface area contributed by atoms with Crippen LogP contribution in [0, 0.1) is 5.41 Å². The van der Waals surface area contributed by atoms with E-state index in [9.17, 15) is 4.79 Å². The van der Waals surface area contributed by atoms with Gasteiger partial charge in [0.25, 0.3) is 5.91 Å². The topological polar surface area (TPSA) is 52.6 Å². The van der Waals surface area contributed by atoms with E-state index in [1.54, 1.807) is 5.48 Å². The summed E-state index contributed by atoms with van der Waals surface area (Å²) in [6.45, 7) is 1.99. The van der Waals surface area contributed by atoms with Gasteiger partial charge in [0.1, 0.15) is 7.85 Å². The molecule has 4 rings (SSSR count). The summed E-state index contributed by atoms with van der Waals surface area (Å²) in [5, 5.41) is 8.83. The number of hydrogen-bond acceptors (Lipinski definition) is 3. The smallest absolute Gasteiger partial charge is 0.274 e. The average molecular weight is 324 g/mol. The van der Waals surface area contributed by atoms with Gasteiger partial charge in [0.2, 0.25) is 0 Å². The van der Waals surface area contributed by atoms with Crippen LogP contribution in [-0.4, -0.2) is 36.4 Å². The van der Waals surface area contributed by atoms with Crippen LogP contribution in [0.2, 0.25) is 0 Å². The Morgan fingerprint density at radius 1 is 1.21 bits per heavy atom. The van der Waals surface area contributed by atoms with E-state index >= 15 is 0 Å². The molecule has 1 spiro atoms. The Kier molecular flexibility index (Phi) is 4.17. The van der Waals surface area contributed by atoms with Crippen LogP contribution in [0.5, 0.6) is 0 Å². The number of carbonyl (C=O) groups is 1. The Morgan fingerprint density at radius 3 is 2.67 bits per heavy atom. The molecule has 126 valence electrons. The number of carbonyl (C=O) groups excluding carboxylic acids is 1. The van der Waals surface area contributed by atoms with Crippen molar-refractivity contribution in [3.8, 4) is 0 Å². The molecule has 24 heavy (non-hydrogen) atoms. The first-order chi connectivity index (χ1) is 11.6. The van der Waals surface area contributed by atoms with Crippen molar-refractivity contribution in [2.45, 2.75) is 64.0 Å². The maximum absolute atomic E-state index is 11.7. The van der Waals surface area contributed by atoms with Gasteiger partial charge in [-0.25, -0.2) is 5.48 Å². The molecule has 2 fully saturated rings. The first-order valence-electron chi connectivity index (χ1n) is 9.20. The molecular weight excluding hydrogens is 299 g/mol. The number of hydrogen-bond donors (Lipinski definition) is 2. The molecule has 2 N–H and O–H groups in total. The summed E-state index contributed by atoms with van der Waals surface area (Å²) >= 11 is 0. The van der Waals surface area contributed by atoms with Gasteiger partial charge in [-0.15, -0.1) is 0 Å². The lowest BCUT2D eigenvalue weighted by Gasteiger charge is -2.54. The van der Waals surface area contributed by atoms with Crippen molar-refractivity contribution in [1.82, 2.24) is 10.4 Å². The second-order valence-corrected chi connectivity index (χ2v) is 7.99. The molecule has 2 aliphatic carbocycles. The second-order valence-electron chi connectivity index (χ2n) is 7.99. The third-order valence-electron chi connectivity index (χ3n) is 6.53. The maximum Gasteiger partial charge on any atom is 0.274 e. The number of nitrogens with one attached hydrogen (secondary N) is 1. The van der Waals surface area contributed by atoms with Crippen LogP contribution in [-0.2, 0) is 13.0 Å². The molecule has 2 radical (unpaired) electrons. The molecular formula is C19H25BN2O2. The highest BCUT2D eigenvalue weighted by atomic mass is 16.5. The highest BCUT2D eigenvalue weighted by molar-refractivity contribution is 6.36. The van der Waals surface area contributed by atoms with Crippen LogP contribution >= 0.6 is 0 Å². The molecule has 1 aliphatic heterocycles. The Balaban J connectivity index is 1.45. The molecule has 2 saturated carbocycles. The average Bonchev–Trinajstić information content (AvgIpc) is 2.58. The second kappa shape index (κ2) is 6.19. The first-order valence-corrected chi connectivity index (χ1v) is 9.20. The normalized spacial score (nSPS) is 23.5. The monoisotopic (exact) mass is 324 g/mol. The zero-order valence-corrected chi connectivity index (χ0v) is 14.2. The van der Waals surface area contributed by atoms with Gasteiger partial charge in [0, 0.05) is 24.7 Å². The predicted molar refractivity (Wildman–Crippen MR) is 93.7 cm³/mol. The number of benzene rings is 1. The van der Waals surface area contributed by atoms with Gasteiger partial charge in [-0.3, -0.25) is 14.9 Å². The lowest BCUT2D eigenvalue weighted by molar-refractivity contribution is -0.0307. The molecule has 5 heteroatoms. The summed E-state index contributed by atoms with van der Waals surface area (Å²) in [5.41, 5.74) is 5.57. The van der Waals surface area contributed by atoms with Gasteiger partial charge in [-0.05, 0) is 54.7 Å². The van der Waals surface area contributed by atoms with E-state index in [4.69, 9.17) is 13.1 Å². The lowest BCUT2D eigenvalue weighted by atomic mass is 9.58. The number of rotatable bonds is 2. The van der Waals surface area contributed by atoms with Crippen LogP contribution in [0.4, 0.5) is 0 Å². The SMILES string of the molecule is [B]c1cc2c(cc1C(=O)NO)CCN(C1CC3(CCCCC3)C1)C2. The quantitative estimate of drug-likeness (QED) is 0.497. The van der Waals surface area contributed by atoms with Crippen LogP contribution in [0.1, 0.15) is 66.4 Å². The Bertz CT molecular complexity index is 647. The zero-order valence-electron chi connectivity index (χ0n) is 14.2. The Hall–Kier alpha value is -1.33. The summed E-state index contributed by atoms with van der Waals surface area (Å²) in [4.78, 5) is 14.3. The summed E-state index contributed by atoms with van der Waals surface area (Å²) in [6.07, 6.45) is 10.8. The fraction of sp³-hybridized carbons (Fsp3) is 0.632. The van der Waals surface area contributed by atoms with E-state index in [1.165, 1.54) is 56.1 Å². The van der Waals surface area contributed by atoms with Gasteiger partial charge < -0.3 is 0 Å². The van der Waals surface area contributed by atoms with Crippen molar-refractivity contribution < 1.29 is 10.0 Å². The molecule has 0 unspecified atom stereocenters. The third kappa shape index (κ3) is 2.78. The molecule has 0 atom stereocenters. The van der Waals surface area contributed by atoms with Crippen molar-refractivity contribution >= 4 is 19.2 Å². The highest BCUT2D eigenvalue weighted by Crippen LogP contribution is 2.53. The van der Waals surface area contributed by atoms with Crippen molar-refractivity contribution in [2.75, 3.05) is 6.54 Å². The summed E-state index contributed by atoms with van der Waals surface area (Å²) in [7, 11) is 6.01. The molecule has 1 heterocycles. The van der Waals surface area contributed by atoms with E-state index in [-0.39, 0.29) is 0 Å². The molecule has 1 amide bonds. The zero-order chi connectivity index (χ0) is 16.7. The van der Waals surface area contributed by atoms with Crippen molar-refractivity contribution in [3.05, 3.63) is 28.8 Å². The lowest BCUT2D eigenvalue weighted by Crippen LogP contribution is -2.53. The van der Waals surface area contributed by atoms with E-state index in [0.29, 0.717) is 16.4 Å². The van der Waals surface area contributed by atoms with E-state index in [2.05, 4.69) is 4.90 Å². The third-order valence-corrected chi connectivity index (χ3v) is 6.53. The highest BCUT2D eigenvalue weighted by Gasteiger charge is 2.46. The van der Waals surface area contributed by atoms with Crippen molar-refractivity contribution in [3.63, 3.8) is 0 Å². The number of fused-ring (bicyclic) bond motifs is 1. The van der Waals surface area contributed by atoms with Gasteiger partial charge in [-0.1, -0.05) is 30.8 Å². The molecule has 1 aromatic rings. The number of hydroxylamine groups is 1. The first kappa shape index (κ1) is 16.2. The molecule has 0 aromatic heterocycles. The Morgan fingerprint density at radius 2 is 1.96 bits per heavy atom. The van der Waals surface area contributed by atoms with E-state index in [0.717, 1.165) is 25.6 Å².